The molecule has 2 aromatic rings. The normalized spacial score (nSPS) is 20.8. The number of amides is 1. The lowest BCUT2D eigenvalue weighted by Crippen LogP contribution is -2.40. The monoisotopic (exact) mass is 508 g/mol. The molecular weight excluding hydrogens is 480 g/mol. The van der Waals surface area contributed by atoms with Crippen LogP contribution in [0, 0.1) is 0 Å². The number of aromatic nitrogens is 2. The molecule has 0 saturated carbocycles. The van der Waals surface area contributed by atoms with Crippen molar-refractivity contribution in [2.45, 2.75) is 31.2 Å². The Morgan fingerprint density at radius 3 is 2.97 bits per heavy atom. The number of hydrogen-bond donors (Lipinski definition) is 3. The van der Waals surface area contributed by atoms with E-state index >= 15 is 0 Å². The standard InChI is InChI=1S/C26H28N4O7/c1-34-23-12-28-18-9-5-8-17(25(18)29-23)19(31)10-27-11-20(32)21-13-30(26(33)37-21)24-15-35-14-22(36-24)16-6-3-2-4-7-16/h2-3,5-6,8-9,12,14-15,19-21,27,31-32H,4,7,10-11,13H2,1H3/t19-,20-,21-/m0/s1. The first-order valence-corrected chi connectivity index (χ1v) is 12.0. The number of benzene rings is 1. The van der Waals surface area contributed by atoms with E-state index in [2.05, 4.69) is 21.4 Å². The van der Waals surface area contributed by atoms with E-state index < -0.39 is 24.4 Å². The molecule has 11 heteroatoms. The number of cyclic esters (lactones) is 1. The molecule has 3 N–H and O–H groups in total. The molecule has 1 aliphatic carbocycles. The third kappa shape index (κ3) is 5.43. The molecule has 0 radical (unpaired) electrons. The maximum absolute atomic E-state index is 12.5. The van der Waals surface area contributed by atoms with Gasteiger partial charge in [0.1, 0.15) is 18.5 Å². The van der Waals surface area contributed by atoms with Crippen LogP contribution in [0.3, 0.4) is 0 Å². The molecule has 3 atom stereocenters. The van der Waals surface area contributed by atoms with Gasteiger partial charge in [0.05, 0.1) is 37.0 Å². The molecule has 11 nitrogen and oxygen atoms in total. The van der Waals surface area contributed by atoms with Crippen LogP contribution in [-0.4, -0.2) is 70.1 Å². The van der Waals surface area contributed by atoms with Crippen molar-refractivity contribution < 1.29 is 34.0 Å². The summed E-state index contributed by atoms with van der Waals surface area (Å²) >= 11 is 0. The summed E-state index contributed by atoms with van der Waals surface area (Å²) in [5.41, 5.74) is 2.72. The van der Waals surface area contributed by atoms with E-state index in [-0.39, 0.29) is 25.5 Å². The predicted molar refractivity (Wildman–Crippen MR) is 132 cm³/mol. The molecule has 194 valence electrons. The summed E-state index contributed by atoms with van der Waals surface area (Å²) in [5.74, 6) is 1.08. The van der Waals surface area contributed by atoms with Gasteiger partial charge in [-0.3, -0.25) is 0 Å². The Morgan fingerprint density at radius 2 is 2.16 bits per heavy atom. The molecule has 2 aliphatic heterocycles. The Balaban J connectivity index is 1.15. The summed E-state index contributed by atoms with van der Waals surface area (Å²) in [6, 6.07) is 5.35. The van der Waals surface area contributed by atoms with E-state index in [4.69, 9.17) is 18.9 Å². The Hall–Kier alpha value is -3.93. The maximum atomic E-state index is 12.5. The number of fused-ring (bicyclic) bond motifs is 1. The number of nitrogens with one attached hydrogen (secondary N) is 1. The highest BCUT2D eigenvalue weighted by atomic mass is 16.6. The van der Waals surface area contributed by atoms with Crippen LogP contribution in [-0.2, 0) is 14.2 Å². The molecule has 1 fully saturated rings. The summed E-state index contributed by atoms with van der Waals surface area (Å²) in [4.78, 5) is 22.5. The van der Waals surface area contributed by atoms with Gasteiger partial charge in [-0.2, -0.15) is 0 Å². The third-order valence-corrected chi connectivity index (χ3v) is 6.26. The van der Waals surface area contributed by atoms with Crippen molar-refractivity contribution in [3.8, 4) is 5.88 Å². The number of rotatable bonds is 9. The van der Waals surface area contributed by atoms with Crippen molar-refractivity contribution in [3.05, 3.63) is 77.9 Å². The van der Waals surface area contributed by atoms with Crippen LogP contribution in [0.5, 0.6) is 5.88 Å². The van der Waals surface area contributed by atoms with Crippen molar-refractivity contribution in [2.24, 2.45) is 0 Å². The summed E-state index contributed by atoms with van der Waals surface area (Å²) in [6.07, 6.45) is 8.65. The fourth-order valence-corrected chi connectivity index (χ4v) is 4.26. The Bertz CT molecular complexity index is 1290. The first-order chi connectivity index (χ1) is 18.0. The molecule has 3 heterocycles. The number of hydrogen-bond acceptors (Lipinski definition) is 10. The molecule has 0 spiro atoms. The average molecular weight is 509 g/mol. The van der Waals surface area contributed by atoms with Crippen molar-refractivity contribution in [3.63, 3.8) is 0 Å². The minimum Gasteiger partial charge on any atom is -0.480 e. The zero-order chi connectivity index (χ0) is 25.8. The van der Waals surface area contributed by atoms with Crippen LogP contribution in [0.15, 0.2) is 72.4 Å². The zero-order valence-electron chi connectivity index (χ0n) is 20.2. The fraction of sp³-hybridized carbons (Fsp3) is 0.346. The maximum Gasteiger partial charge on any atom is 0.417 e. The van der Waals surface area contributed by atoms with Crippen LogP contribution >= 0.6 is 0 Å². The van der Waals surface area contributed by atoms with Crippen molar-refractivity contribution in [2.75, 3.05) is 26.7 Å². The molecule has 1 saturated heterocycles. The largest absolute Gasteiger partial charge is 0.480 e. The molecule has 5 rings (SSSR count). The summed E-state index contributed by atoms with van der Waals surface area (Å²) in [6.45, 7) is 0.313. The van der Waals surface area contributed by atoms with E-state index in [1.807, 2.05) is 12.2 Å². The summed E-state index contributed by atoms with van der Waals surface area (Å²) in [7, 11) is 1.50. The summed E-state index contributed by atoms with van der Waals surface area (Å²) < 4.78 is 21.8. The molecule has 1 amide bonds. The summed E-state index contributed by atoms with van der Waals surface area (Å²) in [5, 5.41) is 24.4. The van der Waals surface area contributed by atoms with Gasteiger partial charge in [0.15, 0.2) is 12.0 Å². The van der Waals surface area contributed by atoms with Crippen LogP contribution < -0.4 is 10.1 Å². The van der Waals surface area contributed by atoms with Crippen molar-refractivity contribution in [1.29, 1.82) is 0 Å². The Kier molecular flexibility index (Phi) is 7.35. The number of allylic oxidation sites excluding steroid dienone is 4. The third-order valence-electron chi connectivity index (χ3n) is 6.26. The van der Waals surface area contributed by atoms with Gasteiger partial charge < -0.3 is 34.5 Å². The molecular formula is C26H28N4O7. The molecule has 1 aromatic heterocycles. The molecule has 3 aliphatic rings. The Labute approximate surface area is 213 Å². The average Bonchev–Trinajstić information content (AvgIpc) is 3.34. The number of methoxy groups -OCH3 is 1. The second kappa shape index (κ2) is 11.0. The molecule has 0 unspecified atom stereocenters. The lowest BCUT2D eigenvalue weighted by atomic mass is 10.0. The van der Waals surface area contributed by atoms with Crippen molar-refractivity contribution >= 4 is 17.1 Å². The quantitative estimate of drug-likeness (QED) is 0.463. The highest BCUT2D eigenvalue weighted by Crippen LogP contribution is 2.30. The second-order valence-corrected chi connectivity index (χ2v) is 8.74. The highest BCUT2D eigenvalue weighted by molar-refractivity contribution is 5.78. The minimum atomic E-state index is -1.01. The zero-order valence-corrected chi connectivity index (χ0v) is 20.2. The van der Waals surface area contributed by atoms with Gasteiger partial charge in [0, 0.05) is 18.7 Å². The van der Waals surface area contributed by atoms with Gasteiger partial charge in [-0.15, -0.1) is 0 Å². The second-order valence-electron chi connectivity index (χ2n) is 8.74. The molecule has 0 bridgehead atoms. The smallest absolute Gasteiger partial charge is 0.417 e. The topological polar surface area (TPSA) is 136 Å². The number of ether oxygens (including phenoxy) is 4. The lowest BCUT2D eigenvalue weighted by molar-refractivity contribution is 0.0312. The highest BCUT2D eigenvalue weighted by Gasteiger charge is 2.39. The van der Waals surface area contributed by atoms with Gasteiger partial charge in [0.2, 0.25) is 11.8 Å². The van der Waals surface area contributed by atoms with Gasteiger partial charge in [0.25, 0.3) is 0 Å². The number of aliphatic hydroxyl groups is 2. The first-order valence-electron chi connectivity index (χ1n) is 12.0. The van der Waals surface area contributed by atoms with Gasteiger partial charge in [-0.1, -0.05) is 30.4 Å². The van der Waals surface area contributed by atoms with Crippen molar-refractivity contribution in [1.82, 2.24) is 20.2 Å². The predicted octanol–water partition coefficient (Wildman–Crippen LogP) is 2.41. The number of nitrogens with zero attached hydrogens (tertiary/aromatic N) is 3. The fourth-order valence-electron chi connectivity index (χ4n) is 4.26. The molecule has 1 aromatic carbocycles. The van der Waals surface area contributed by atoms with E-state index in [9.17, 15) is 15.0 Å². The SMILES string of the molecule is COc1cnc2cccc([C@@H](O)CNC[C@H](O)[C@@H]3CN(C4=COC=C(C5=CC=CCC5)O4)C(=O)O3)c2n1. The van der Waals surface area contributed by atoms with Crippen LogP contribution in [0.2, 0.25) is 0 Å². The minimum absolute atomic E-state index is 0.0867. The number of carbonyl (C=O) groups is 1. The number of para-hydroxylation sites is 1. The number of carbonyl (C=O) groups excluding carboxylic acids is 1. The van der Waals surface area contributed by atoms with E-state index in [0.717, 1.165) is 18.4 Å². The van der Waals surface area contributed by atoms with Gasteiger partial charge in [-0.05, 0) is 24.5 Å². The van der Waals surface area contributed by atoms with E-state index in [1.54, 1.807) is 18.2 Å². The van der Waals surface area contributed by atoms with Gasteiger partial charge >= 0.3 is 6.09 Å². The van der Waals surface area contributed by atoms with E-state index in [1.165, 1.54) is 30.7 Å². The Morgan fingerprint density at radius 1 is 1.27 bits per heavy atom. The lowest BCUT2D eigenvalue weighted by Gasteiger charge is -2.23. The van der Waals surface area contributed by atoms with Crippen LogP contribution in [0.4, 0.5) is 4.79 Å². The molecule has 37 heavy (non-hydrogen) atoms. The van der Waals surface area contributed by atoms with Crippen LogP contribution in [0.25, 0.3) is 11.0 Å². The van der Waals surface area contributed by atoms with E-state index in [0.29, 0.717) is 28.2 Å². The first kappa shape index (κ1) is 24.8. The number of aliphatic hydroxyl groups excluding tert-OH is 2. The van der Waals surface area contributed by atoms with Crippen LogP contribution in [0.1, 0.15) is 24.5 Å². The van der Waals surface area contributed by atoms with Gasteiger partial charge in [-0.25, -0.2) is 19.7 Å².